The molecule has 0 saturated carbocycles. The SMILES string of the molecule is C=CCCC(NC(=O)c1ccc(OCC(F)(F)C(F)F)nc1)C(=O)O. The monoisotopic (exact) mass is 364 g/mol. The second-order valence-electron chi connectivity index (χ2n) is 4.97. The molecule has 1 heterocycles. The molecule has 1 rings (SSSR count). The molecule has 1 aromatic rings. The second-order valence-corrected chi connectivity index (χ2v) is 4.97. The predicted molar refractivity (Wildman–Crippen MR) is 79.0 cm³/mol. The van der Waals surface area contributed by atoms with Crippen LogP contribution >= 0.6 is 0 Å². The van der Waals surface area contributed by atoms with Gasteiger partial charge in [0.1, 0.15) is 6.04 Å². The molecule has 2 N–H and O–H groups in total. The smallest absolute Gasteiger partial charge is 0.340 e. The van der Waals surface area contributed by atoms with E-state index < -0.39 is 36.9 Å². The van der Waals surface area contributed by atoms with Gasteiger partial charge in [0.25, 0.3) is 5.91 Å². The molecule has 0 aromatic carbocycles. The van der Waals surface area contributed by atoms with Gasteiger partial charge >= 0.3 is 18.3 Å². The Balaban J connectivity index is 2.67. The Kier molecular flexibility index (Phi) is 7.34. The summed E-state index contributed by atoms with van der Waals surface area (Å²) in [6.45, 7) is 1.89. The standard InChI is InChI=1S/C15H16F4N2O4/c1-2-3-4-10(13(23)24)21-12(22)9-5-6-11(20-7-9)25-8-15(18,19)14(16)17/h2,5-7,10,14H,1,3-4,8H2,(H,21,22)(H,23,24). The highest BCUT2D eigenvalue weighted by Gasteiger charge is 2.41. The number of carboxylic acids is 1. The van der Waals surface area contributed by atoms with E-state index in [2.05, 4.69) is 21.6 Å². The fourth-order valence-electron chi connectivity index (χ4n) is 1.62. The zero-order valence-electron chi connectivity index (χ0n) is 12.9. The molecule has 138 valence electrons. The second kappa shape index (κ2) is 9.00. The molecule has 0 aliphatic carbocycles. The maximum atomic E-state index is 12.7. The molecule has 0 aliphatic heterocycles. The maximum absolute atomic E-state index is 12.7. The third kappa shape index (κ3) is 6.40. The van der Waals surface area contributed by atoms with Gasteiger partial charge in [0.2, 0.25) is 5.88 Å². The lowest BCUT2D eigenvalue weighted by molar-refractivity contribution is -0.148. The quantitative estimate of drug-likeness (QED) is 0.492. The number of carbonyl (C=O) groups is 2. The largest absolute Gasteiger partial charge is 0.480 e. The Morgan fingerprint density at radius 2 is 2.08 bits per heavy atom. The molecule has 0 fully saturated rings. The number of amides is 1. The molecule has 0 bridgehead atoms. The third-order valence-corrected chi connectivity index (χ3v) is 2.99. The lowest BCUT2D eigenvalue weighted by atomic mass is 10.1. The number of halogens is 4. The minimum Gasteiger partial charge on any atom is -0.480 e. The molecule has 1 aromatic heterocycles. The summed E-state index contributed by atoms with van der Waals surface area (Å²) in [6.07, 6.45) is -0.897. The number of hydrogen-bond donors (Lipinski definition) is 2. The first kappa shape index (κ1) is 20.4. The van der Waals surface area contributed by atoms with Crippen molar-refractivity contribution in [2.45, 2.75) is 31.2 Å². The van der Waals surface area contributed by atoms with E-state index in [1.807, 2.05) is 0 Å². The van der Waals surface area contributed by atoms with Crippen LogP contribution in [0.15, 0.2) is 31.0 Å². The third-order valence-electron chi connectivity index (χ3n) is 2.99. The summed E-state index contributed by atoms with van der Waals surface area (Å²) < 4.78 is 53.9. The van der Waals surface area contributed by atoms with Crippen molar-refractivity contribution in [2.75, 3.05) is 6.61 Å². The van der Waals surface area contributed by atoms with E-state index in [9.17, 15) is 27.2 Å². The number of aromatic nitrogens is 1. The Labute approximate surface area is 140 Å². The van der Waals surface area contributed by atoms with Crippen LogP contribution in [0, 0.1) is 0 Å². The van der Waals surface area contributed by atoms with Crippen molar-refractivity contribution in [3.63, 3.8) is 0 Å². The predicted octanol–water partition coefficient (Wildman–Crippen LogP) is 2.51. The molecule has 0 aliphatic rings. The van der Waals surface area contributed by atoms with E-state index in [0.717, 1.165) is 18.3 Å². The molecule has 0 spiro atoms. The molecule has 6 nitrogen and oxygen atoms in total. The van der Waals surface area contributed by atoms with Crippen molar-refractivity contribution in [3.8, 4) is 5.88 Å². The topological polar surface area (TPSA) is 88.5 Å². The summed E-state index contributed by atoms with van der Waals surface area (Å²) in [5, 5.41) is 11.3. The summed E-state index contributed by atoms with van der Waals surface area (Å²) >= 11 is 0. The van der Waals surface area contributed by atoms with Crippen LogP contribution in [-0.4, -0.2) is 47.0 Å². The first-order valence-corrected chi connectivity index (χ1v) is 7.06. The first-order valence-electron chi connectivity index (χ1n) is 7.06. The van der Waals surface area contributed by atoms with E-state index in [4.69, 9.17) is 5.11 Å². The molecule has 25 heavy (non-hydrogen) atoms. The van der Waals surface area contributed by atoms with Gasteiger partial charge in [-0.15, -0.1) is 6.58 Å². The van der Waals surface area contributed by atoms with E-state index in [1.54, 1.807) is 0 Å². The summed E-state index contributed by atoms with van der Waals surface area (Å²) in [6, 6.07) is 1.05. The molecular weight excluding hydrogens is 348 g/mol. The van der Waals surface area contributed by atoms with Gasteiger partial charge in [0, 0.05) is 12.3 Å². The van der Waals surface area contributed by atoms with Crippen molar-refractivity contribution in [2.24, 2.45) is 0 Å². The molecule has 0 radical (unpaired) electrons. The summed E-state index contributed by atoms with van der Waals surface area (Å²) in [4.78, 5) is 26.5. The van der Waals surface area contributed by atoms with Gasteiger partial charge < -0.3 is 15.2 Å². The number of carbonyl (C=O) groups excluding carboxylic acids is 1. The summed E-state index contributed by atoms with van der Waals surface area (Å²) in [5.74, 6) is -6.67. The Hall–Kier alpha value is -2.65. The van der Waals surface area contributed by atoms with Crippen LogP contribution in [0.25, 0.3) is 0 Å². The molecule has 0 saturated heterocycles. The zero-order chi connectivity index (χ0) is 19.0. The number of hydrogen-bond acceptors (Lipinski definition) is 4. The Morgan fingerprint density at radius 1 is 1.40 bits per heavy atom. The molecule has 1 amide bonds. The number of allylic oxidation sites excluding steroid dienone is 1. The number of alkyl halides is 4. The number of ether oxygens (including phenoxy) is 1. The van der Waals surface area contributed by atoms with Gasteiger partial charge in [-0.2, -0.15) is 8.78 Å². The van der Waals surface area contributed by atoms with Crippen molar-refractivity contribution in [1.82, 2.24) is 10.3 Å². The fourth-order valence-corrected chi connectivity index (χ4v) is 1.62. The fraction of sp³-hybridized carbons (Fsp3) is 0.400. The van der Waals surface area contributed by atoms with Gasteiger partial charge in [-0.3, -0.25) is 4.79 Å². The van der Waals surface area contributed by atoms with Crippen molar-refractivity contribution >= 4 is 11.9 Å². The van der Waals surface area contributed by atoms with Gasteiger partial charge in [-0.1, -0.05) is 6.08 Å². The highest BCUT2D eigenvalue weighted by Crippen LogP contribution is 2.23. The van der Waals surface area contributed by atoms with E-state index in [1.165, 1.54) is 6.08 Å². The van der Waals surface area contributed by atoms with Crippen molar-refractivity contribution in [3.05, 3.63) is 36.5 Å². The highest BCUT2D eigenvalue weighted by atomic mass is 19.3. The zero-order valence-corrected chi connectivity index (χ0v) is 12.9. The van der Waals surface area contributed by atoms with Gasteiger partial charge in [0.15, 0.2) is 6.61 Å². The van der Waals surface area contributed by atoms with Crippen LogP contribution in [0.4, 0.5) is 17.6 Å². The first-order chi connectivity index (χ1) is 11.7. The average molecular weight is 364 g/mol. The number of pyridine rings is 1. The highest BCUT2D eigenvalue weighted by molar-refractivity contribution is 5.96. The van der Waals surface area contributed by atoms with Gasteiger partial charge in [-0.25, -0.2) is 18.6 Å². The average Bonchev–Trinajstić information content (AvgIpc) is 2.56. The number of nitrogens with zero attached hydrogens (tertiary/aromatic N) is 1. The van der Waals surface area contributed by atoms with Gasteiger partial charge in [0.05, 0.1) is 5.56 Å². The number of carboxylic acid groups (broad SMARTS) is 1. The molecule has 1 atom stereocenters. The molecule has 10 heteroatoms. The van der Waals surface area contributed by atoms with Crippen LogP contribution in [0.5, 0.6) is 5.88 Å². The number of nitrogens with one attached hydrogen (secondary N) is 1. The van der Waals surface area contributed by atoms with Crippen LogP contribution in [0.1, 0.15) is 23.2 Å². The lowest BCUT2D eigenvalue weighted by Gasteiger charge is -2.16. The maximum Gasteiger partial charge on any atom is 0.340 e. The molecule has 1 unspecified atom stereocenters. The van der Waals surface area contributed by atoms with E-state index >= 15 is 0 Å². The normalized spacial score (nSPS) is 12.5. The Morgan fingerprint density at radius 3 is 2.56 bits per heavy atom. The minimum atomic E-state index is -4.32. The molecular formula is C15H16F4N2O4. The van der Waals surface area contributed by atoms with Crippen molar-refractivity contribution < 1.29 is 37.0 Å². The summed E-state index contributed by atoms with van der Waals surface area (Å²) in [7, 11) is 0. The number of rotatable bonds is 10. The van der Waals surface area contributed by atoms with Crippen LogP contribution < -0.4 is 10.1 Å². The van der Waals surface area contributed by atoms with E-state index in [0.29, 0.717) is 6.42 Å². The van der Waals surface area contributed by atoms with E-state index in [-0.39, 0.29) is 17.9 Å². The minimum absolute atomic E-state index is 0.0437. The Bertz CT molecular complexity index is 608. The van der Waals surface area contributed by atoms with Crippen molar-refractivity contribution in [1.29, 1.82) is 0 Å². The van der Waals surface area contributed by atoms with Crippen LogP contribution in [0.2, 0.25) is 0 Å². The summed E-state index contributed by atoms with van der Waals surface area (Å²) in [5.41, 5.74) is -0.0437. The van der Waals surface area contributed by atoms with Gasteiger partial charge in [-0.05, 0) is 18.9 Å². The lowest BCUT2D eigenvalue weighted by Crippen LogP contribution is -2.40. The van der Waals surface area contributed by atoms with Crippen LogP contribution in [0.3, 0.4) is 0 Å². The van der Waals surface area contributed by atoms with Crippen LogP contribution in [-0.2, 0) is 4.79 Å². The number of aliphatic carboxylic acids is 1.